The Morgan fingerprint density at radius 1 is 0.304 bits per heavy atom. The first-order valence-electron chi connectivity index (χ1n) is 15.6. The fourth-order valence-electron chi connectivity index (χ4n) is 7.23. The van der Waals surface area contributed by atoms with Crippen molar-refractivity contribution in [3.05, 3.63) is 152 Å². The maximum absolute atomic E-state index is 5.18. The van der Waals surface area contributed by atoms with Crippen LogP contribution < -0.4 is 0 Å². The molecule has 0 unspecified atom stereocenters. The van der Waals surface area contributed by atoms with Crippen LogP contribution in [0.1, 0.15) is 0 Å². The third-order valence-corrected chi connectivity index (χ3v) is 9.42. The van der Waals surface area contributed by atoms with Gasteiger partial charge >= 0.3 is 0 Å². The van der Waals surface area contributed by atoms with Crippen molar-refractivity contribution in [2.24, 2.45) is 0 Å². The maximum Gasteiger partial charge on any atom is 0.164 e. The van der Waals surface area contributed by atoms with E-state index in [0.717, 1.165) is 32.8 Å². The molecule has 0 saturated heterocycles. The fourth-order valence-corrected chi connectivity index (χ4v) is 7.23. The zero-order valence-electron chi connectivity index (χ0n) is 24.8. The van der Waals surface area contributed by atoms with Crippen LogP contribution in [-0.4, -0.2) is 15.0 Å². The molecule has 1 aliphatic carbocycles. The lowest BCUT2D eigenvalue weighted by Gasteiger charge is -2.12. The summed E-state index contributed by atoms with van der Waals surface area (Å²) < 4.78 is 0. The van der Waals surface area contributed by atoms with Crippen molar-refractivity contribution in [1.82, 2.24) is 15.0 Å². The molecule has 3 heteroatoms. The Balaban J connectivity index is 1.22. The molecule has 1 aromatic heterocycles. The standard InChI is InChI=1S/C43H25N3/c1-3-11-29-24-31(18-16-26(29)8-1)41-44-42(32-19-17-27-9-2-4-12-30(27)25-32)46-43(45-41)37-23-22-36-35-21-20-28-10-5-6-13-33(28)39(35)38-15-7-14-34(37)40(36)38/h1-25H. The van der Waals surface area contributed by atoms with E-state index in [0.29, 0.717) is 17.5 Å². The van der Waals surface area contributed by atoms with Gasteiger partial charge in [-0.05, 0) is 83.5 Å². The minimum atomic E-state index is 0.663. The molecular formula is C43H25N3. The van der Waals surface area contributed by atoms with Crippen molar-refractivity contribution in [3.63, 3.8) is 0 Å². The molecule has 0 saturated carbocycles. The molecule has 0 N–H and O–H groups in total. The van der Waals surface area contributed by atoms with Crippen molar-refractivity contribution in [2.75, 3.05) is 0 Å². The van der Waals surface area contributed by atoms with Crippen LogP contribution in [-0.2, 0) is 0 Å². The zero-order valence-corrected chi connectivity index (χ0v) is 24.8. The number of rotatable bonds is 3. The number of hydrogen-bond acceptors (Lipinski definition) is 3. The van der Waals surface area contributed by atoms with Crippen LogP contribution in [0.25, 0.3) is 99.5 Å². The fraction of sp³-hybridized carbons (Fsp3) is 0. The highest BCUT2D eigenvalue weighted by Gasteiger charge is 2.25. The number of benzene rings is 8. The van der Waals surface area contributed by atoms with Gasteiger partial charge in [-0.2, -0.15) is 0 Å². The Morgan fingerprint density at radius 3 is 1.52 bits per heavy atom. The number of fused-ring (bicyclic) bond motifs is 7. The summed E-state index contributed by atoms with van der Waals surface area (Å²) in [6.45, 7) is 0. The van der Waals surface area contributed by atoms with E-state index >= 15 is 0 Å². The molecule has 9 aromatic rings. The summed E-state index contributed by atoms with van der Waals surface area (Å²) in [5, 5.41) is 9.63. The summed E-state index contributed by atoms with van der Waals surface area (Å²) in [6.07, 6.45) is 0. The van der Waals surface area contributed by atoms with Crippen LogP contribution in [0.3, 0.4) is 0 Å². The van der Waals surface area contributed by atoms with E-state index < -0.39 is 0 Å². The first-order chi connectivity index (χ1) is 22.8. The highest BCUT2D eigenvalue weighted by Crippen LogP contribution is 2.51. The summed E-state index contributed by atoms with van der Waals surface area (Å²) in [4.78, 5) is 15.4. The van der Waals surface area contributed by atoms with Gasteiger partial charge in [-0.25, -0.2) is 15.0 Å². The van der Waals surface area contributed by atoms with Gasteiger partial charge in [-0.1, -0.05) is 133 Å². The topological polar surface area (TPSA) is 38.7 Å². The number of aromatic nitrogens is 3. The van der Waals surface area contributed by atoms with Crippen LogP contribution in [0.4, 0.5) is 0 Å². The van der Waals surface area contributed by atoms with E-state index in [2.05, 4.69) is 152 Å². The monoisotopic (exact) mass is 583 g/mol. The average Bonchev–Trinajstić information content (AvgIpc) is 3.46. The van der Waals surface area contributed by atoms with Gasteiger partial charge in [0, 0.05) is 16.7 Å². The van der Waals surface area contributed by atoms with Crippen molar-refractivity contribution in [3.8, 4) is 56.4 Å². The van der Waals surface area contributed by atoms with E-state index in [9.17, 15) is 0 Å². The van der Waals surface area contributed by atoms with E-state index in [1.54, 1.807) is 0 Å². The van der Waals surface area contributed by atoms with Gasteiger partial charge in [0.05, 0.1) is 0 Å². The Kier molecular flexibility index (Phi) is 5.28. The molecule has 10 rings (SSSR count). The predicted molar refractivity (Wildman–Crippen MR) is 191 cm³/mol. The minimum absolute atomic E-state index is 0.663. The molecule has 1 heterocycles. The summed E-state index contributed by atoms with van der Waals surface area (Å²) in [5.74, 6) is 2.00. The van der Waals surface area contributed by atoms with Crippen molar-refractivity contribution < 1.29 is 0 Å². The Morgan fingerprint density at radius 2 is 0.826 bits per heavy atom. The lowest BCUT2D eigenvalue weighted by molar-refractivity contribution is 1.08. The van der Waals surface area contributed by atoms with Crippen LogP contribution in [0.5, 0.6) is 0 Å². The smallest absolute Gasteiger partial charge is 0.164 e. The van der Waals surface area contributed by atoms with Gasteiger partial charge in [0.15, 0.2) is 17.5 Å². The molecule has 1 aliphatic rings. The molecule has 0 spiro atoms. The third-order valence-electron chi connectivity index (χ3n) is 9.42. The largest absolute Gasteiger partial charge is 0.208 e. The second kappa shape index (κ2) is 9.65. The summed E-state index contributed by atoms with van der Waals surface area (Å²) in [5.41, 5.74) is 8.04. The Bertz CT molecular complexity index is 2610. The lowest BCUT2D eigenvalue weighted by atomic mass is 9.97. The first-order valence-corrected chi connectivity index (χ1v) is 15.6. The zero-order chi connectivity index (χ0) is 30.2. The van der Waals surface area contributed by atoms with Crippen LogP contribution >= 0.6 is 0 Å². The van der Waals surface area contributed by atoms with Gasteiger partial charge in [0.1, 0.15) is 0 Å². The molecule has 0 atom stereocenters. The maximum atomic E-state index is 5.18. The van der Waals surface area contributed by atoms with Crippen LogP contribution in [0, 0.1) is 0 Å². The Hall–Kier alpha value is -6.19. The third kappa shape index (κ3) is 3.75. The lowest BCUT2D eigenvalue weighted by Crippen LogP contribution is -2.00. The summed E-state index contributed by atoms with van der Waals surface area (Å²) in [6, 6.07) is 53.9. The van der Waals surface area contributed by atoms with Crippen molar-refractivity contribution >= 4 is 43.1 Å². The molecule has 0 fully saturated rings. The summed E-state index contributed by atoms with van der Waals surface area (Å²) >= 11 is 0. The van der Waals surface area contributed by atoms with Gasteiger partial charge in [0.2, 0.25) is 0 Å². The summed E-state index contributed by atoms with van der Waals surface area (Å²) in [7, 11) is 0. The van der Waals surface area contributed by atoms with E-state index in [1.807, 2.05) is 0 Å². The molecule has 0 aliphatic heterocycles. The van der Waals surface area contributed by atoms with E-state index in [-0.39, 0.29) is 0 Å². The highest BCUT2D eigenvalue weighted by atomic mass is 15.0. The van der Waals surface area contributed by atoms with Gasteiger partial charge in [-0.15, -0.1) is 0 Å². The van der Waals surface area contributed by atoms with Crippen LogP contribution in [0.2, 0.25) is 0 Å². The second-order valence-corrected chi connectivity index (χ2v) is 12.0. The highest BCUT2D eigenvalue weighted by molar-refractivity contribution is 6.23. The molecule has 8 aromatic carbocycles. The molecule has 46 heavy (non-hydrogen) atoms. The van der Waals surface area contributed by atoms with E-state index in [1.165, 1.54) is 49.2 Å². The molecule has 212 valence electrons. The molecule has 0 bridgehead atoms. The molecule has 3 nitrogen and oxygen atoms in total. The molecule has 0 radical (unpaired) electrons. The number of nitrogens with zero attached hydrogens (tertiary/aromatic N) is 3. The minimum Gasteiger partial charge on any atom is -0.208 e. The SMILES string of the molecule is c1ccc2cc(-c3nc(-c4ccc5ccccc5c4)nc(-c4ccc5c6c(cccc46)-c4c-5ccc5ccccc45)n3)ccc2c1. The Labute approximate surface area is 265 Å². The quantitative estimate of drug-likeness (QED) is 0.208. The average molecular weight is 584 g/mol. The van der Waals surface area contributed by atoms with Gasteiger partial charge in [-0.3, -0.25) is 0 Å². The first kappa shape index (κ1) is 25.2. The molecule has 0 amide bonds. The van der Waals surface area contributed by atoms with E-state index in [4.69, 9.17) is 15.0 Å². The molecular weight excluding hydrogens is 558 g/mol. The van der Waals surface area contributed by atoms with Crippen LogP contribution in [0.15, 0.2) is 152 Å². The second-order valence-electron chi connectivity index (χ2n) is 12.0. The van der Waals surface area contributed by atoms with Gasteiger partial charge in [0.25, 0.3) is 0 Å². The van der Waals surface area contributed by atoms with Gasteiger partial charge < -0.3 is 0 Å². The normalized spacial score (nSPS) is 11.9. The van der Waals surface area contributed by atoms with Crippen molar-refractivity contribution in [2.45, 2.75) is 0 Å². The number of hydrogen-bond donors (Lipinski definition) is 0. The van der Waals surface area contributed by atoms with Crippen molar-refractivity contribution in [1.29, 1.82) is 0 Å². The predicted octanol–water partition coefficient (Wildman–Crippen LogP) is 11.1.